The van der Waals surface area contributed by atoms with Crippen LogP contribution < -0.4 is 4.90 Å². The van der Waals surface area contributed by atoms with Gasteiger partial charge in [0.25, 0.3) is 5.91 Å². The van der Waals surface area contributed by atoms with Crippen molar-refractivity contribution in [2.24, 2.45) is 0 Å². The van der Waals surface area contributed by atoms with Crippen molar-refractivity contribution in [1.29, 1.82) is 0 Å². The van der Waals surface area contributed by atoms with E-state index in [1.807, 2.05) is 24.3 Å². The van der Waals surface area contributed by atoms with E-state index in [2.05, 4.69) is 44.1 Å². The van der Waals surface area contributed by atoms with Crippen LogP contribution in [0.3, 0.4) is 0 Å². The monoisotopic (exact) mass is 360 g/mol. The van der Waals surface area contributed by atoms with Gasteiger partial charge in [-0.3, -0.25) is 9.78 Å². The summed E-state index contributed by atoms with van der Waals surface area (Å²) in [6.07, 6.45) is 4.60. The molecule has 0 radical (unpaired) electrons. The molecular formula is C20H20N6O. The first-order valence-corrected chi connectivity index (χ1v) is 8.92. The summed E-state index contributed by atoms with van der Waals surface area (Å²) in [5.41, 5.74) is 3.52. The van der Waals surface area contributed by atoms with Gasteiger partial charge in [-0.15, -0.1) is 10.2 Å². The van der Waals surface area contributed by atoms with E-state index in [1.165, 1.54) is 18.0 Å². The standard InChI is InChI=1S/C20H20N6O/c1-15-4-2-3-5-16(15)17-6-7-19(24-23-17)25-10-12-26(13-11-25)20(27)18-14-21-8-9-22-18/h2-9,14H,10-13H2,1H3. The lowest BCUT2D eigenvalue weighted by atomic mass is 10.1. The largest absolute Gasteiger partial charge is 0.352 e. The molecule has 1 amide bonds. The molecule has 0 bridgehead atoms. The van der Waals surface area contributed by atoms with Crippen molar-refractivity contribution in [1.82, 2.24) is 25.1 Å². The summed E-state index contributed by atoms with van der Waals surface area (Å²) in [6, 6.07) is 12.1. The minimum absolute atomic E-state index is 0.0799. The zero-order valence-electron chi connectivity index (χ0n) is 15.1. The normalized spacial score (nSPS) is 14.3. The summed E-state index contributed by atoms with van der Waals surface area (Å²) in [4.78, 5) is 24.5. The molecule has 3 heterocycles. The average molecular weight is 360 g/mol. The van der Waals surface area contributed by atoms with Crippen molar-refractivity contribution in [3.8, 4) is 11.3 Å². The zero-order valence-corrected chi connectivity index (χ0v) is 15.1. The number of aromatic nitrogens is 4. The smallest absolute Gasteiger partial charge is 0.274 e. The van der Waals surface area contributed by atoms with Gasteiger partial charge in [-0.2, -0.15) is 0 Å². The van der Waals surface area contributed by atoms with Gasteiger partial charge in [0.05, 0.1) is 11.9 Å². The summed E-state index contributed by atoms with van der Waals surface area (Å²) in [6.45, 7) is 4.74. The van der Waals surface area contributed by atoms with Crippen molar-refractivity contribution < 1.29 is 4.79 Å². The molecule has 0 atom stereocenters. The van der Waals surface area contributed by atoms with Gasteiger partial charge in [-0.25, -0.2) is 4.98 Å². The third kappa shape index (κ3) is 3.62. The first kappa shape index (κ1) is 17.1. The van der Waals surface area contributed by atoms with Crippen LogP contribution in [-0.2, 0) is 0 Å². The number of nitrogens with zero attached hydrogens (tertiary/aromatic N) is 6. The zero-order chi connectivity index (χ0) is 18.6. The van der Waals surface area contributed by atoms with E-state index in [1.54, 1.807) is 11.1 Å². The Morgan fingerprint density at radius 2 is 1.78 bits per heavy atom. The van der Waals surface area contributed by atoms with Gasteiger partial charge in [0.15, 0.2) is 5.82 Å². The van der Waals surface area contributed by atoms with Crippen LogP contribution >= 0.6 is 0 Å². The predicted octanol–water partition coefficient (Wildman–Crippen LogP) is 2.20. The Hall–Kier alpha value is -3.35. The molecule has 0 aliphatic carbocycles. The predicted molar refractivity (Wildman–Crippen MR) is 102 cm³/mol. The molecule has 1 aliphatic rings. The Kier molecular flexibility index (Phi) is 4.74. The van der Waals surface area contributed by atoms with Gasteiger partial charge in [0.1, 0.15) is 5.69 Å². The van der Waals surface area contributed by atoms with Crippen LogP contribution in [0.4, 0.5) is 5.82 Å². The Bertz CT molecular complexity index is 921. The van der Waals surface area contributed by atoms with Crippen LogP contribution in [-0.4, -0.2) is 57.2 Å². The van der Waals surface area contributed by atoms with E-state index in [0.29, 0.717) is 31.9 Å². The number of carbonyl (C=O) groups excluding carboxylic acids is 1. The van der Waals surface area contributed by atoms with Crippen LogP contribution in [0.15, 0.2) is 55.0 Å². The number of hydrogen-bond donors (Lipinski definition) is 0. The average Bonchev–Trinajstić information content (AvgIpc) is 2.74. The van der Waals surface area contributed by atoms with Crippen molar-refractivity contribution in [2.75, 3.05) is 31.1 Å². The quantitative estimate of drug-likeness (QED) is 0.713. The first-order valence-electron chi connectivity index (χ1n) is 8.92. The molecule has 7 nitrogen and oxygen atoms in total. The summed E-state index contributed by atoms with van der Waals surface area (Å²) in [5.74, 6) is 0.752. The summed E-state index contributed by atoms with van der Waals surface area (Å²) in [7, 11) is 0. The number of hydrogen-bond acceptors (Lipinski definition) is 6. The molecule has 27 heavy (non-hydrogen) atoms. The second-order valence-corrected chi connectivity index (χ2v) is 6.46. The van der Waals surface area contributed by atoms with E-state index in [0.717, 1.165) is 17.1 Å². The highest BCUT2D eigenvalue weighted by Crippen LogP contribution is 2.22. The van der Waals surface area contributed by atoms with E-state index in [-0.39, 0.29) is 5.91 Å². The van der Waals surface area contributed by atoms with E-state index < -0.39 is 0 Å². The van der Waals surface area contributed by atoms with E-state index in [4.69, 9.17) is 0 Å². The second kappa shape index (κ2) is 7.49. The summed E-state index contributed by atoms with van der Waals surface area (Å²) < 4.78 is 0. The molecule has 4 rings (SSSR count). The topological polar surface area (TPSA) is 75.1 Å². The lowest BCUT2D eigenvalue weighted by molar-refractivity contribution is 0.0740. The Morgan fingerprint density at radius 1 is 0.963 bits per heavy atom. The number of carbonyl (C=O) groups is 1. The fourth-order valence-electron chi connectivity index (χ4n) is 3.21. The molecule has 0 spiro atoms. The van der Waals surface area contributed by atoms with Crippen LogP contribution in [0.2, 0.25) is 0 Å². The van der Waals surface area contributed by atoms with Gasteiger partial charge in [-0.1, -0.05) is 24.3 Å². The van der Waals surface area contributed by atoms with Crippen molar-refractivity contribution in [2.45, 2.75) is 6.92 Å². The van der Waals surface area contributed by atoms with Gasteiger partial charge >= 0.3 is 0 Å². The van der Waals surface area contributed by atoms with Gasteiger partial charge in [0.2, 0.25) is 0 Å². The minimum atomic E-state index is -0.0799. The summed E-state index contributed by atoms with van der Waals surface area (Å²) >= 11 is 0. The molecule has 136 valence electrons. The fraction of sp³-hybridized carbons (Fsp3) is 0.250. The van der Waals surface area contributed by atoms with Gasteiger partial charge in [0, 0.05) is 44.1 Å². The Labute approximate surface area is 157 Å². The second-order valence-electron chi connectivity index (χ2n) is 6.46. The van der Waals surface area contributed by atoms with Crippen LogP contribution in [0, 0.1) is 6.92 Å². The molecule has 0 N–H and O–H groups in total. The van der Waals surface area contributed by atoms with Crippen LogP contribution in [0.25, 0.3) is 11.3 Å². The third-order valence-corrected chi connectivity index (χ3v) is 4.74. The molecule has 0 saturated carbocycles. The van der Waals surface area contributed by atoms with Gasteiger partial charge in [-0.05, 0) is 24.6 Å². The number of aryl methyl sites for hydroxylation is 1. The maximum atomic E-state index is 12.5. The molecule has 1 aliphatic heterocycles. The van der Waals surface area contributed by atoms with E-state index >= 15 is 0 Å². The van der Waals surface area contributed by atoms with Crippen LogP contribution in [0.5, 0.6) is 0 Å². The third-order valence-electron chi connectivity index (χ3n) is 4.74. The Balaban J connectivity index is 1.41. The number of benzene rings is 1. The fourth-order valence-corrected chi connectivity index (χ4v) is 3.21. The van der Waals surface area contributed by atoms with Crippen molar-refractivity contribution >= 4 is 11.7 Å². The number of rotatable bonds is 3. The summed E-state index contributed by atoms with van der Waals surface area (Å²) in [5, 5.41) is 8.79. The maximum Gasteiger partial charge on any atom is 0.274 e. The number of amides is 1. The van der Waals surface area contributed by atoms with Crippen molar-refractivity contribution in [3.05, 3.63) is 66.2 Å². The lowest BCUT2D eigenvalue weighted by Crippen LogP contribution is -2.49. The minimum Gasteiger partial charge on any atom is -0.352 e. The highest BCUT2D eigenvalue weighted by atomic mass is 16.2. The molecule has 1 fully saturated rings. The molecule has 0 unspecified atom stereocenters. The molecule has 3 aromatic rings. The SMILES string of the molecule is Cc1ccccc1-c1ccc(N2CCN(C(=O)c3cnccn3)CC2)nn1. The van der Waals surface area contributed by atoms with Crippen LogP contribution in [0.1, 0.15) is 16.1 Å². The van der Waals surface area contributed by atoms with Gasteiger partial charge < -0.3 is 9.80 Å². The highest BCUT2D eigenvalue weighted by molar-refractivity contribution is 5.92. The molecule has 1 aromatic carbocycles. The molecule has 7 heteroatoms. The van der Waals surface area contributed by atoms with Crippen molar-refractivity contribution in [3.63, 3.8) is 0 Å². The first-order chi connectivity index (χ1) is 13.2. The lowest BCUT2D eigenvalue weighted by Gasteiger charge is -2.34. The highest BCUT2D eigenvalue weighted by Gasteiger charge is 2.23. The molecule has 1 saturated heterocycles. The molecule has 2 aromatic heterocycles. The van der Waals surface area contributed by atoms with E-state index in [9.17, 15) is 4.79 Å². The maximum absolute atomic E-state index is 12.5. The number of anilines is 1. The molecular weight excluding hydrogens is 340 g/mol. The number of piperazine rings is 1. The Morgan fingerprint density at radius 3 is 2.44 bits per heavy atom.